The van der Waals surface area contributed by atoms with Crippen LogP contribution in [0.2, 0.25) is 0 Å². The first-order valence-corrected chi connectivity index (χ1v) is 6.64. The normalized spacial score (nSPS) is 26.9. The minimum atomic E-state index is -0.825. The van der Waals surface area contributed by atoms with E-state index in [9.17, 15) is 8.78 Å². The molecular weight excluding hydrogens is 264 g/mol. The highest BCUT2D eigenvalue weighted by Crippen LogP contribution is 2.27. The van der Waals surface area contributed by atoms with Crippen molar-refractivity contribution in [2.24, 2.45) is 0 Å². The minimum Gasteiger partial charge on any atom is -0.371 e. The number of morpholine rings is 1. The molecular formula is C14H15F2N3O. The van der Waals surface area contributed by atoms with Gasteiger partial charge in [-0.15, -0.1) is 0 Å². The third-order valence-corrected chi connectivity index (χ3v) is 3.91. The molecule has 1 N–H and O–H groups in total. The third-order valence-electron chi connectivity index (χ3n) is 3.91. The van der Waals surface area contributed by atoms with Crippen LogP contribution in [0.15, 0.2) is 12.1 Å². The van der Waals surface area contributed by atoms with Crippen molar-refractivity contribution in [3.8, 4) is 6.07 Å². The van der Waals surface area contributed by atoms with E-state index in [1.165, 1.54) is 18.2 Å². The van der Waals surface area contributed by atoms with Crippen molar-refractivity contribution in [1.82, 2.24) is 10.2 Å². The summed E-state index contributed by atoms with van der Waals surface area (Å²) < 4.78 is 33.0. The number of piperazine rings is 1. The van der Waals surface area contributed by atoms with Gasteiger partial charge in [0.25, 0.3) is 0 Å². The highest BCUT2D eigenvalue weighted by Gasteiger charge is 2.32. The Morgan fingerprint density at radius 3 is 2.80 bits per heavy atom. The van der Waals surface area contributed by atoms with Crippen LogP contribution < -0.4 is 5.32 Å². The molecule has 2 saturated heterocycles. The number of ether oxygens (including phenoxy) is 1. The summed E-state index contributed by atoms with van der Waals surface area (Å²) in [6.07, 6.45) is -0.346. The van der Waals surface area contributed by atoms with Gasteiger partial charge in [-0.05, 0) is 17.7 Å². The van der Waals surface area contributed by atoms with Crippen LogP contribution >= 0.6 is 0 Å². The molecule has 6 heteroatoms. The molecule has 1 aromatic carbocycles. The van der Waals surface area contributed by atoms with E-state index in [0.717, 1.165) is 19.6 Å². The van der Waals surface area contributed by atoms with E-state index in [2.05, 4.69) is 10.2 Å². The monoisotopic (exact) mass is 279 g/mol. The molecule has 0 saturated carbocycles. The van der Waals surface area contributed by atoms with E-state index >= 15 is 0 Å². The van der Waals surface area contributed by atoms with E-state index in [0.29, 0.717) is 24.8 Å². The Morgan fingerprint density at radius 2 is 2.10 bits per heavy atom. The van der Waals surface area contributed by atoms with Crippen LogP contribution in [0.3, 0.4) is 0 Å². The molecule has 0 aromatic heterocycles. The molecule has 3 rings (SSSR count). The summed E-state index contributed by atoms with van der Waals surface area (Å²) in [5.74, 6) is -1.65. The molecule has 1 aromatic rings. The molecule has 0 radical (unpaired) electrons. The van der Waals surface area contributed by atoms with Crippen LogP contribution in [-0.2, 0) is 4.74 Å². The zero-order valence-electron chi connectivity index (χ0n) is 10.9. The minimum absolute atomic E-state index is 0.327. The largest absolute Gasteiger partial charge is 0.371 e. The van der Waals surface area contributed by atoms with Crippen LogP contribution in [-0.4, -0.2) is 43.7 Å². The SMILES string of the molecule is N#Cc1c(F)cc([C@@H]2CN3CCNC[C@H]3CO2)cc1F. The highest BCUT2D eigenvalue weighted by molar-refractivity contribution is 5.36. The predicted octanol–water partition coefficient (Wildman–Crippen LogP) is 1.18. The van der Waals surface area contributed by atoms with Gasteiger partial charge in [-0.25, -0.2) is 8.78 Å². The molecule has 2 heterocycles. The third kappa shape index (κ3) is 2.40. The summed E-state index contributed by atoms with van der Waals surface area (Å²) in [5.41, 5.74) is -0.0828. The van der Waals surface area contributed by atoms with E-state index in [4.69, 9.17) is 10.00 Å². The lowest BCUT2D eigenvalue weighted by molar-refractivity contribution is -0.0719. The van der Waals surface area contributed by atoms with Gasteiger partial charge in [-0.3, -0.25) is 4.90 Å². The number of hydrogen-bond acceptors (Lipinski definition) is 4. The zero-order valence-corrected chi connectivity index (χ0v) is 10.9. The van der Waals surface area contributed by atoms with Gasteiger partial charge in [-0.1, -0.05) is 0 Å². The fourth-order valence-corrected chi connectivity index (χ4v) is 2.79. The summed E-state index contributed by atoms with van der Waals surface area (Å²) in [6.45, 7) is 3.87. The van der Waals surface area contributed by atoms with Gasteiger partial charge in [0.05, 0.1) is 12.7 Å². The van der Waals surface area contributed by atoms with Gasteiger partial charge in [0.1, 0.15) is 23.3 Å². The summed E-state index contributed by atoms with van der Waals surface area (Å²) in [5, 5.41) is 12.0. The summed E-state index contributed by atoms with van der Waals surface area (Å²) in [4.78, 5) is 2.28. The molecule has 2 aliphatic rings. The Balaban J connectivity index is 1.82. The summed E-state index contributed by atoms with van der Waals surface area (Å²) >= 11 is 0. The van der Waals surface area contributed by atoms with E-state index in [1.54, 1.807) is 0 Å². The maximum Gasteiger partial charge on any atom is 0.144 e. The molecule has 2 fully saturated rings. The maximum atomic E-state index is 13.7. The van der Waals surface area contributed by atoms with Gasteiger partial charge in [0, 0.05) is 32.2 Å². The van der Waals surface area contributed by atoms with E-state index in [1.807, 2.05) is 0 Å². The van der Waals surface area contributed by atoms with Crippen LogP contribution in [0.25, 0.3) is 0 Å². The number of nitrogens with one attached hydrogen (secondary N) is 1. The topological polar surface area (TPSA) is 48.3 Å². The van der Waals surface area contributed by atoms with Crippen molar-refractivity contribution in [2.45, 2.75) is 12.1 Å². The van der Waals surface area contributed by atoms with E-state index in [-0.39, 0.29) is 6.10 Å². The van der Waals surface area contributed by atoms with Crippen molar-refractivity contribution in [2.75, 3.05) is 32.8 Å². The lowest BCUT2D eigenvalue weighted by Crippen LogP contribution is -2.57. The maximum absolute atomic E-state index is 13.7. The Labute approximate surface area is 115 Å². The number of halogens is 2. The van der Waals surface area contributed by atoms with Crippen LogP contribution in [0.4, 0.5) is 8.78 Å². The number of nitrogens with zero attached hydrogens (tertiary/aromatic N) is 2. The first-order chi connectivity index (χ1) is 9.69. The molecule has 0 aliphatic carbocycles. The van der Waals surface area contributed by atoms with Crippen molar-refractivity contribution in [1.29, 1.82) is 5.26 Å². The van der Waals surface area contributed by atoms with Gasteiger partial charge in [-0.2, -0.15) is 5.26 Å². The van der Waals surface area contributed by atoms with Crippen molar-refractivity contribution in [3.05, 3.63) is 34.9 Å². The molecule has 2 atom stereocenters. The Morgan fingerprint density at radius 1 is 1.35 bits per heavy atom. The number of rotatable bonds is 1. The Kier molecular flexibility index (Phi) is 3.66. The number of nitriles is 1. The molecule has 106 valence electrons. The highest BCUT2D eigenvalue weighted by atomic mass is 19.1. The average molecular weight is 279 g/mol. The molecule has 2 aliphatic heterocycles. The van der Waals surface area contributed by atoms with Gasteiger partial charge in [0.15, 0.2) is 0 Å². The van der Waals surface area contributed by atoms with Crippen LogP contribution in [0.1, 0.15) is 17.2 Å². The van der Waals surface area contributed by atoms with Gasteiger partial charge < -0.3 is 10.1 Å². The number of hydrogen-bond donors (Lipinski definition) is 1. The lowest BCUT2D eigenvalue weighted by atomic mass is 10.0. The second-order valence-corrected chi connectivity index (χ2v) is 5.15. The number of benzene rings is 1. The summed E-state index contributed by atoms with van der Waals surface area (Å²) in [7, 11) is 0. The van der Waals surface area contributed by atoms with Crippen molar-refractivity contribution < 1.29 is 13.5 Å². The smallest absolute Gasteiger partial charge is 0.144 e. The molecule has 0 amide bonds. The fraction of sp³-hybridized carbons (Fsp3) is 0.500. The average Bonchev–Trinajstić information content (AvgIpc) is 2.46. The van der Waals surface area contributed by atoms with Crippen LogP contribution in [0.5, 0.6) is 0 Å². The predicted molar refractivity (Wildman–Crippen MR) is 68.0 cm³/mol. The Hall–Kier alpha value is -1.55. The second-order valence-electron chi connectivity index (χ2n) is 5.15. The van der Waals surface area contributed by atoms with Gasteiger partial charge >= 0.3 is 0 Å². The van der Waals surface area contributed by atoms with Crippen molar-refractivity contribution in [3.63, 3.8) is 0 Å². The first-order valence-electron chi connectivity index (χ1n) is 6.64. The van der Waals surface area contributed by atoms with Gasteiger partial charge in [0.2, 0.25) is 0 Å². The first kappa shape index (κ1) is 13.4. The van der Waals surface area contributed by atoms with Crippen LogP contribution in [0, 0.1) is 23.0 Å². The van der Waals surface area contributed by atoms with E-state index < -0.39 is 17.2 Å². The molecule has 0 bridgehead atoms. The molecule has 0 spiro atoms. The zero-order chi connectivity index (χ0) is 14.1. The number of fused-ring (bicyclic) bond motifs is 1. The Bertz CT molecular complexity index is 535. The standard InChI is InChI=1S/C14H15F2N3O/c15-12-3-9(4-13(16)11(12)5-17)14-7-19-2-1-18-6-10(19)8-20-14/h3-4,10,14,18H,1-2,6-8H2/t10-,14-/m0/s1. The molecule has 0 unspecified atom stereocenters. The summed E-state index contributed by atoms with van der Waals surface area (Å²) in [6, 6.07) is 4.26. The molecule has 4 nitrogen and oxygen atoms in total. The fourth-order valence-electron chi connectivity index (χ4n) is 2.79. The van der Waals surface area contributed by atoms with Crippen molar-refractivity contribution >= 4 is 0 Å². The lowest BCUT2D eigenvalue weighted by Gasteiger charge is -2.42. The molecule has 20 heavy (non-hydrogen) atoms. The quantitative estimate of drug-likeness (QED) is 0.838. The second kappa shape index (κ2) is 5.44.